The van der Waals surface area contributed by atoms with Gasteiger partial charge in [0.1, 0.15) is 17.7 Å². The number of hydrogen-bond donors (Lipinski definition) is 2. The molecule has 1 aromatic carbocycles. The van der Waals surface area contributed by atoms with E-state index in [2.05, 4.69) is 51.5 Å². The van der Waals surface area contributed by atoms with Gasteiger partial charge < -0.3 is 15.0 Å². The highest BCUT2D eigenvalue weighted by atomic mass is 16.5. The van der Waals surface area contributed by atoms with Crippen LogP contribution < -0.4 is 10.1 Å². The Bertz CT molecular complexity index is 564. The third kappa shape index (κ3) is 4.32. The van der Waals surface area contributed by atoms with Crippen molar-refractivity contribution in [2.75, 3.05) is 20.1 Å². The fourth-order valence-corrected chi connectivity index (χ4v) is 2.83. The average Bonchev–Trinajstić information content (AvgIpc) is 3.01. The summed E-state index contributed by atoms with van der Waals surface area (Å²) in [5.74, 6) is 1.97. The van der Waals surface area contributed by atoms with Crippen molar-refractivity contribution in [2.24, 2.45) is 0 Å². The second kappa shape index (κ2) is 7.42. The van der Waals surface area contributed by atoms with Crippen molar-refractivity contribution in [2.45, 2.75) is 32.0 Å². The number of imidazole rings is 1. The van der Waals surface area contributed by atoms with Crippen LogP contribution in [0.5, 0.6) is 5.75 Å². The zero-order valence-electron chi connectivity index (χ0n) is 13.1. The molecule has 22 heavy (non-hydrogen) atoms. The van der Waals surface area contributed by atoms with Crippen LogP contribution >= 0.6 is 0 Å². The first kappa shape index (κ1) is 15.1. The van der Waals surface area contributed by atoms with Gasteiger partial charge in [0.25, 0.3) is 0 Å². The molecule has 5 heteroatoms. The van der Waals surface area contributed by atoms with Gasteiger partial charge in [-0.1, -0.05) is 12.1 Å². The summed E-state index contributed by atoms with van der Waals surface area (Å²) in [6, 6.07) is 8.43. The zero-order chi connectivity index (χ0) is 15.2. The molecule has 118 valence electrons. The van der Waals surface area contributed by atoms with Gasteiger partial charge in [-0.05, 0) is 50.7 Å². The van der Waals surface area contributed by atoms with Crippen molar-refractivity contribution in [3.05, 3.63) is 48.0 Å². The highest BCUT2D eigenvalue weighted by molar-refractivity contribution is 5.28. The fraction of sp³-hybridized carbons (Fsp3) is 0.471. The lowest BCUT2D eigenvalue weighted by atomic mass is 10.1. The molecule has 0 atom stereocenters. The number of H-pyrrole nitrogens is 1. The number of piperidine rings is 1. The van der Waals surface area contributed by atoms with Crippen LogP contribution in [-0.4, -0.2) is 41.1 Å². The van der Waals surface area contributed by atoms with Gasteiger partial charge in [-0.25, -0.2) is 4.98 Å². The molecule has 5 nitrogen and oxygen atoms in total. The number of nitrogens with one attached hydrogen (secondary N) is 2. The smallest absolute Gasteiger partial charge is 0.120 e. The van der Waals surface area contributed by atoms with E-state index in [9.17, 15) is 0 Å². The predicted octanol–water partition coefficient (Wildman–Crippen LogP) is 2.17. The second-order valence-electron chi connectivity index (χ2n) is 5.92. The van der Waals surface area contributed by atoms with Gasteiger partial charge in [-0.3, -0.25) is 4.90 Å². The number of ether oxygens (including phenoxy) is 1. The summed E-state index contributed by atoms with van der Waals surface area (Å²) in [6.45, 7) is 3.79. The van der Waals surface area contributed by atoms with Crippen LogP contribution in [0.1, 0.15) is 24.2 Å². The fourth-order valence-electron chi connectivity index (χ4n) is 2.83. The molecule has 0 spiro atoms. The van der Waals surface area contributed by atoms with Crippen molar-refractivity contribution in [1.29, 1.82) is 0 Å². The van der Waals surface area contributed by atoms with E-state index in [1.165, 1.54) is 5.56 Å². The van der Waals surface area contributed by atoms with Crippen LogP contribution in [0.2, 0.25) is 0 Å². The van der Waals surface area contributed by atoms with Gasteiger partial charge in [-0.2, -0.15) is 0 Å². The van der Waals surface area contributed by atoms with E-state index >= 15 is 0 Å². The van der Waals surface area contributed by atoms with Gasteiger partial charge in [0.2, 0.25) is 0 Å². The maximum atomic E-state index is 6.11. The molecule has 1 aliphatic rings. The lowest BCUT2D eigenvalue weighted by Gasteiger charge is -2.24. The lowest BCUT2D eigenvalue weighted by molar-refractivity contribution is 0.162. The minimum absolute atomic E-state index is 0.345. The molecule has 0 amide bonds. The van der Waals surface area contributed by atoms with E-state index < -0.39 is 0 Å². The number of rotatable bonds is 6. The summed E-state index contributed by atoms with van der Waals surface area (Å²) in [4.78, 5) is 9.64. The van der Waals surface area contributed by atoms with E-state index in [4.69, 9.17) is 4.74 Å². The Morgan fingerprint density at radius 1 is 1.27 bits per heavy atom. The van der Waals surface area contributed by atoms with Crippen molar-refractivity contribution < 1.29 is 4.74 Å². The molecule has 1 saturated heterocycles. The SMILES string of the molecule is CN(Cc1cccc(OC2CCNCC2)c1)Cc1ncc[nH]1. The molecular formula is C17H24N4O. The normalized spacial score (nSPS) is 16.1. The van der Waals surface area contributed by atoms with Crippen LogP contribution in [0.4, 0.5) is 0 Å². The number of nitrogens with zero attached hydrogens (tertiary/aromatic N) is 2. The van der Waals surface area contributed by atoms with Crippen molar-refractivity contribution in [1.82, 2.24) is 20.2 Å². The van der Waals surface area contributed by atoms with Crippen molar-refractivity contribution >= 4 is 0 Å². The van der Waals surface area contributed by atoms with Gasteiger partial charge >= 0.3 is 0 Å². The summed E-state index contributed by atoms with van der Waals surface area (Å²) >= 11 is 0. The molecule has 3 rings (SSSR count). The zero-order valence-corrected chi connectivity index (χ0v) is 13.1. The Hall–Kier alpha value is -1.85. The molecule has 0 aliphatic carbocycles. The first-order valence-electron chi connectivity index (χ1n) is 7.93. The van der Waals surface area contributed by atoms with E-state index in [1.807, 2.05) is 6.20 Å². The van der Waals surface area contributed by atoms with Gasteiger partial charge in [0, 0.05) is 18.9 Å². The summed E-state index contributed by atoms with van der Waals surface area (Å²) in [5.41, 5.74) is 1.26. The Morgan fingerprint density at radius 3 is 2.91 bits per heavy atom. The molecule has 0 bridgehead atoms. The van der Waals surface area contributed by atoms with Crippen LogP contribution in [-0.2, 0) is 13.1 Å². The third-order valence-corrected chi connectivity index (χ3v) is 3.91. The molecule has 1 aliphatic heterocycles. The van der Waals surface area contributed by atoms with E-state index in [0.717, 1.165) is 50.6 Å². The van der Waals surface area contributed by atoms with E-state index in [0.29, 0.717) is 6.10 Å². The summed E-state index contributed by atoms with van der Waals surface area (Å²) in [5, 5.41) is 3.36. The standard InChI is InChI=1S/C17H24N4O/c1-21(13-17-19-9-10-20-17)12-14-3-2-4-16(11-14)22-15-5-7-18-8-6-15/h2-4,9-11,15,18H,5-8,12-13H2,1H3,(H,19,20). The topological polar surface area (TPSA) is 53.2 Å². The average molecular weight is 300 g/mol. The van der Waals surface area contributed by atoms with E-state index in [-0.39, 0.29) is 0 Å². The Balaban J connectivity index is 1.56. The quantitative estimate of drug-likeness (QED) is 0.858. The molecule has 0 radical (unpaired) electrons. The van der Waals surface area contributed by atoms with Gasteiger partial charge in [0.05, 0.1) is 6.54 Å². The minimum atomic E-state index is 0.345. The molecule has 2 N–H and O–H groups in total. The molecule has 1 aromatic heterocycles. The molecule has 0 saturated carbocycles. The van der Waals surface area contributed by atoms with Crippen LogP contribution in [0.3, 0.4) is 0 Å². The maximum Gasteiger partial charge on any atom is 0.120 e. The van der Waals surface area contributed by atoms with Crippen molar-refractivity contribution in [3.63, 3.8) is 0 Å². The van der Waals surface area contributed by atoms with Gasteiger partial charge in [-0.15, -0.1) is 0 Å². The predicted molar refractivity (Wildman–Crippen MR) is 86.7 cm³/mol. The number of aromatic nitrogens is 2. The van der Waals surface area contributed by atoms with Crippen LogP contribution in [0.15, 0.2) is 36.7 Å². The third-order valence-electron chi connectivity index (χ3n) is 3.91. The Kier molecular flexibility index (Phi) is 5.08. The molecular weight excluding hydrogens is 276 g/mol. The first-order chi connectivity index (χ1) is 10.8. The second-order valence-corrected chi connectivity index (χ2v) is 5.92. The Labute approximate surface area is 131 Å². The highest BCUT2D eigenvalue weighted by Gasteiger charge is 2.14. The van der Waals surface area contributed by atoms with Gasteiger partial charge in [0.15, 0.2) is 0 Å². The largest absolute Gasteiger partial charge is 0.490 e. The summed E-state index contributed by atoms with van der Waals surface area (Å²) in [6.07, 6.45) is 6.16. The van der Waals surface area contributed by atoms with Crippen molar-refractivity contribution in [3.8, 4) is 5.75 Å². The number of benzene rings is 1. The van der Waals surface area contributed by atoms with Crippen LogP contribution in [0, 0.1) is 0 Å². The monoisotopic (exact) mass is 300 g/mol. The van der Waals surface area contributed by atoms with E-state index in [1.54, 1.807) is 6.20 Å². The van der Waals surface area contributed by atoms with Crippen LogP contribution in [0.25, 0.3) is 0 Å². The lowest BCUT2D eigenvalue weighted by Crippen LogP contribution is -2.34. The number of hydrogen-bond acceptors (Lipinski definition) is 4. The minimum Gasteiger partial charge on any atom is -0.490 e. The first-order valence-corrected chi connectivity index (χ1v) is 7.93. The number of aromatic amines is 1. The molecule has 1 fully saturated rings. The molecule has 2 heterocycles. The summed E-state index contributed by atoms with van der Waals surface area (Å²) < 4.78 is 6.11. The maximum absolute atomic E-state index is 6.11. The molecule has 2 aromatic rings. The molecule has 0 unspecified atom stereocenters. The highest BCUT2D eigenvalue weighted by Crippen LogP contribution is 2.19. The Morgan fingerprint density at radius 2 is 2.14 bits per heavy atom. The summed E-state index contributed by atoms with van der Waals surface area (Å²) in [7, 11) is 2.10.